The molecule has 1 aromatic carbocycles. The van der Waals surface area contributed by atoms with Gasteiger partial charge in [0.25, 0.3) is 5.91 Å². The summed E-state index contributed by atoms with van der Waals surface area (Å²) in [4.78, 5) is 16.2. The largest absolute Gasteiger partial charge is 0.379 e. The monoisotopic (exact) mass is 587 g/mol. The van der Waals surface area contributed by atoms with Crippen molar-refractivity contribution in [2.24, 2.45) is 11.0 Å². The maximum Gasteiger partial charge on any atom is 0.274 e. The van der Waals surface area contributed by atoms with Gasteiger partial charge in [0.15, 0.2) is 0 Å². The molecule has 11 heteroatoms. The Kier molecular flexibility index (Phi) is 7.28. The van der Waals surface area contributed by atoms with E-state index in [2.05, 4.69) is 17.5 Å². The second-order valence-corrected chi connectivity index (χ2v) is 13.7. The van der Waals surface area contributed by atoms with E-state index >= 15 is 0 Å². The molecule has 3 aliphatic rings. The van der Waals surface area contributed by atoms with Gasteiger partial charge in [-0.2, -0.15) is 9.41 Å². The van der Waals surface area contributed by atoms with Gasteiger partial charge in [0, 0.05) is 34.3 Å². The minimum Gasteiger partial charge on any atom is -0.379 e. The number of morpholine rings is 1. The summed E-state index contributed by atoms with van der Waals surface area (Å²) in [6.45, 7) is 1.15. The van der Waals surface area contributed by atoms with E-state index < -0.39 is 10.0 Å². The lowest BCUT2D eigenvalue weighted by Gasteiger charge is -2.29. The second kappa shape index (κ2) is 10.7. The summed E-state index contributed by atoms with van der Waals surface area (Å²) in [6, 6.07) is 12.4. The molecule has 7 nitrogen and oxygen atoms in total. The van der Waals surface area contributed by atoms with Crippen LogP contribution in [0.5, 0.6) is 0 Å². The average Bonchev–Trinajstić information content (AvgIpc) is 3.70. The lowest BCUT2D eigenvalue weighted by atomic mass is 9.79. The number of carbonyl (C=O) groups is 1. The summed E-state index contributed by atoms with van der Waals surface area (Å²) in [7, 11) is -3.88. The van der Waals surface area contributed by atoms with Crippen molar-refractivity contribution in [1.82, 2.24) is 9.31 Å². The summed E-state index contributed by atoms with van der Waals surface area (Å²) in [6.07, 6.45) is 5.05. The molecule has 1 amide bonds. The van der Waals surface area contributed by atoms with E-state index in [1.54, 1.807) is 33.7 Å². The SMILES string of the molecule is O=C(c1ccc(Cl)c(S(=O)(=O)N2CCOCC2)c1)N1N=C2/C(=C/c3cccs3)CCC[C@@H]2[C@@H]1c1cccs1. The first-order valence-corrected chi connectivity index (χ1v) is 16.1. The first-order chi connectivity index (χ1) is 18.4. The zero-order valence-corrected chi connectivity index (χ0v) is 23.7. The minimum absolute atomic E-state index is 0.0675. The lowest BCUT2D eigenvalue weighted by molar-refractivity contribution is 0.0683. The van der Waals surface area contributed by atoms with Crippen LogP contribution in [0.3, 0.4) is 0 Å². The van der Waals surface area contributed by atoms with E-state index in [0.29, 0.717) is 13.2 Å². The van der Waals surface area contributed by atoms with Crippen LogP contribution < -0.4 is 0 Å². The zero-order chi connectivity index (χ0) is 26.3. The average molecular weight is 588 g/mol. The highest BCUT2D eigenvalue weighted by Crippen LogP contribution is 2.46. The second-order valence-electron chi connectivity index (χ2n) is 9.44. The number of nitrogens with zero attached hydrogens (tertiary/aromatic N) is 3. The molecule has 3 aromatic rings. The molecule has 0 spiro atoms. The van der Waals surface area contributed by atoms with E-state index in [9.17, 15) is 13.2 Å². The molecule has 198 valence electrons. The number of hydrogen-bond donors (Lipinski definition) is 0. The molecule has 2 aliphatic heterocycles. The Bertz CT molecular complexity index is 1490. The summed E-state index contributed by atoms with van der Waals surface area (Å²) >= 11 is 9.65. The van der Waals surface area contributed by atoms with Crippen LogP contribution in [-0.2, 0) is 14.8 Å². The molecular formula is C27H26ClN3O4S3. The molecule has 2 aromatic heterocycles. The summed E-state index contributed by atoms with van der Waals surface area (Å²) in [5, 5.41) is 10.6. The molecule has 2 atom stereocenters. The number of hydrazone groups is 1. The number of rotatable bonds is 5. The fourth-order valence-electron chi connectivity index (χ4n) is 5.34. The molecule has 6 rings (SSSR count). The Morgan fingerprint density at radius 2 is 1.89 bits per heavy atom. The molecule has 0 unspecified atom stereocenters. The number of halogens is 1. The van der Waals surface area contributed by atoms with Crippen molar-refractivity contribution in [2.75, 3.05) is 26.3 Å². The molecule has 0 radical (unpaired) electrons. The van der Waals surface area contributed by atoms with Crippen LogP contribution in [0.25, 0.3) is 6.08 Å². The molecule has 1 aliphatic carbocycles. The van der Waals surface area contributed by atoms with Crippen molar-refractivity contribution in [3.05, 3.63) is 79.1 Å². The predicted molar refractivity (Wildman–Crippen MR) is 151 cm³/mol. The molecule has 0 bridgehead atoms. The zero-order valence-electron chi connectivity index (χ0n) is 20.5. The van der Waals surface area contributed by atoms with Crippen molar-refractivity contribution in [3.8, 4) is 0 Å². The minimum atomic E-state index is -3.88. The van der Waals surface area contributed by atoms with E-state index in [-0.39, 0.29) is 46.4 Å². The van der Waals surface area contributed by atoms with Crippen molar-refractivity contribution < 1.29 is 17.9 Å². The Morgan fingerprint density at radius 1 is 1.11 bits per heavy atom. The van der Waals surface area contributed by atoms with Gasteiger partial charge in [-0.25, -0.2) is 13.4 Å². The summed E-state index contributed by atoms with van der Waals surface area (Å²) in [5.74, 6) is -0.253. The smallest absolute Gasteiger partial charge is 0.274 e. The highest BCUT2D eigenvalue weighted by Gasteiger charge is 2.44. The van der Waals surface area contributed by atoms with Gasteiger partial charge in [-0.15, -0.1) is 22.7 Å². The number of carbonyl (C=O) groups excluding carboxylic acids is 1. The number of benzene rings is 1. The van der Waals surface area contributed by atoms with Gasteiger partial charge in [0.1, 0.15) is 4.90 Å². The third-order valence-corrected chi connectivity index (χ3v) is 11.3. The molecule has 4 heterocycles. The molecule has 1 saturated heterocycles. The maximum absolute atomic E-state index is 14.0. The van der Waals surface area contributed by atoms with Crippen LogP contribution in [0.1, 0.15) is 45.4 Å². The van der Waals surface area contributed by atoms with Gasteiger partial charge in [-0.3, -0.25) is 4.79 Å². The highest BCUT2D eigenvalue weighted by atomic mass is 35.5. The van der Waals surface area contributed by atoms with Crippen LogP contribution >= 0.6 is 34.3 Å². The number of sulfonamides is 1. The lowest BCUT2D eigenvalue weighted by Crippen LogP contribution is -2.40. The highest BCUT2D eigenvalue weighted by molar-refractivity contribution is 7.89. The Balaban J connectivity index is 1.39. The molecule has 1 saturated carbocycles. The Labute approximate surface area is 235 Å². The number of allylic oxidation sites excluding steroid dienone is 1. The first kappa shape index (κ1) is 25.9. The van der Waals surface area contributed by atoms with E-state index in [1.165, 1.54) is 16.4 Å². The summed E-state index contributed by atoms with van der Waals surface area (Å²) < 4.78 is 33.4. The van der Waals surface area contributed by atoms with E-state index in [4.69, 9.17) is 21.4 Å². The van der Waals surface area contributed by atoms with Crippen LogP contribution in [-0.4, -0.2) is 55.7 Å². The summed E-state index contributed by atoms with van der Waals surface area (Å²) in [5.41, 5.74) is 2.35. The van der Waals surface area contributed by atoms with Gasteiger partial charge >= 0.3 is 0 Å². The van der Waals surface area contributed by atoms with Gasteiger partial charge < -0.3 is 4.74 Å². The van der Waals surface area contributed by atoms with Gasteiger partial charge in [0.2, 0.25) is 10.0 Å². The van der Waals surface area contributed by atoms with Crippen molar-refractivity contribution in [2.45, 2.75) is 30.2 Å². The van der Waals surface area contributed by atoms with Crippen molar-refractivity contribution in [1.29, 1.82) is 0 Å². The fourth-order valence-corrected chi connectivity index (χ4v) is 8.81. The fraction of sp³-hybridized carbons (Fsp3) is 0.333. The number of amides is 1. The number of hydrogen-bond acceptors (Lipinski definition) is 7. The molecule has 0 N–H and O–H groups in total. The number of thiophene rings is 2. The van der Waals surface area contributed by atoms with Crippen LogP contribution in [0.2, 0.25) is 5.02 Å². The van der Waals surface area contributed by atoms with Crippen molar-refractivity contribution >= 4 is 62.0 Å². The Hall–Kier alpha value is -2.34. The number of ether oxygens (including phenoxy) is 1. The van der Waals surface area contributed by atoms with E-state index in [0.717, 1.165) is 40.3 Å². The molecule has 38 heavy (non-hydrogen) atoms. The first-order valence-electron chi connectivity index (χ1n) is 12.5. The quantitative estimate of drug-likeness (QED) is 0.371. The standard InChI is InChI=1S/C27H26ClN3O4S3/c28-22-9-8-19(17-24(22)38(33,34)30-10-12-35-13-11-30)27(32)31-26(23-7-3-15-37-23)21-6-1-4-18(25(21)29-31)16-20-5-2-14-36-20/h2-3,5,7-9,14-17,21,26H,1,4,6,10-13H2/b18-16+/t21-,26+/m0/s1. The third-order valence-electron chi connectivity index (χ3n) is 7.17. The van der Waals surface area contributed by atoms with Crippen LogP contribution in [0.15, 0.2) is 68.8 Å². The molecular weight excluding hydrogens is 562 g/mol. The predicted octanol–water partition coefficient (Wildman–Crippen LogP) is 5.92. The van der Waals surface area contributed by atoms with Crippen molar-refractivity contribution in [3.63, 3.8) is 0 Å². The van der Waals surface area contributed by atoms with Crippen LogP contribution in [0, 0.1) is 5.92 Å². The number of fused-ring (bicyclic) bond motifs is 1. The van der Waals surface area contributed by atoms with Gasteiger partial charge in [-0.05, 0) is 72.0 Å². The third kappa shape index (κ3) is 4.78. The molecule has 2 fully saturated rings. The van der Waals surface area contributed by atoms with Crippen LogP contribution in [0.4, 0.5) is 0 Å². The van der Waals surface area contributed by atoms with E-state index in [1.807, 2.05) is 23.6 Å². The normalized spacial score (nSPS) is 23.4. The Morgan fingerprint density at radius 3 is 2.63 bits per heavy atom. The van der Waals surface area contributed by atoms with Gasteiger partial charge in [0.05, 0.1) is 30.0 Å². The topological polar surface area (TPSA) is 79.3 Å². The maximum atomic E-state index is 14.0. The van der Waals surface area contributed by atoms with Gasteiger partial charge in [-0.1, -0.05) is 23.7 Å².